The van der Waals surface area contributed by atoms with Crippen molar-refractivity contribution < 1.29 is 27.6 Å². The van der Waals surface area contributed by atoms with Crippen LogP contribution in [0.3, 0.4) is 0 Å². The van der Waals surface area contributed by atoms with E-state index in [0.29, 0.717) is 0 Å². The number of nitrogens with zero attached hydrogens (tertiary/aromatic N) is 4. The molecule has 0 fully saturated rings. The molecule has 0 spiro atoms. The zero-order valence-corrected chi connectivity index (χ0v) is 10.4. The van der Waals surface area contributed by atoms with Crippen LogP contribution in [0, 0.1) is 0 Å². The van der Waals surface area contributed by atoms with E-state index in [4.69, 9.17) is 9.63 Å². The second-order valence-electron chi connectivity index (χ2n) is 3.89. The molecule has 0 saturated carbocycles. The first-order valence-electron chi connectivity index (χ1n) is 5.51. The normalized spacial score (nSPS) is 13.0. The summed E-state index contributed by atoms with van der Waals surface area (Å²) in [6.07, 6.45) is -5.08. The molecule has 21 heavy (non-hydrogen) atoms. The van der Waals surface area contributed by atoms with Crippen molar-refractivity contribution in [2.75, 3.05) is 0 Å². The average Bonchev–Trinajstić information content (AvgIpc) is 2.86. The molecule has 2 heterocycles. The van der Waals surface area contributed by atoms with Crippen LogP contribution in [0.5, 0.6) is 0 Å². The van der Waals surface area contributed by atoms with Crippen molar-refractivity contribution in [3.8, 4) is 11.5 Å². The Morgan fingerprint density at radius 3 is 2.76 bits per heavy atom. The van der Waals surface area contributed by atoms with Gasteiger partial charge in [-0.25, -0.2) is 14.8 Å². The van der Waals surface area contributed by atoms with Crippen molar-refractivity contribution in [2.45, 2.75) is 19.1 Å². The Morgan fingerprint density at radius 1 is 1.43 bits per heavy atom. The molecule has 1 amide bonds. The summed E-state index contributed by atoms with van der Waals surface area (Å²) in [5.41, 5.74) is -0.185. The summed E-state index contributed by atoms with van der Waals surface area (Å²) in [7, 11) is 0. The van der Waals surface area contributed by atoms with Crippen LogP contribution in [0.2, 0.25) is 0 Å². The first-order valence-corrected chi connectivity index (χ1v) is 5.51. The Balaban J connectivity index is 2.28. The van der Waals surface area contributed by atoms with E-state index in [0.717, 1.165) is 6.20 Å². The third-order valence-corrected chi connectivity index (χ3v) is 2.29. The van der Waals surface area contributed by atoms with Crippen molar-refractivity contribution in [3.05, 3.63) is 24.0 Å². The summed E-state index contributed by atoms with van der Waals surface area (Å²) >= 11 is 0. The average molecular weight is 303 g/mol. The van der Waals surface area contributed by atoms with Crippen LogP contribution < -0.4 is 5.32 Å². The predicted octanol–water partition coefficient (Wildman–Crippen LogP) is 1.87. The molecule has 11 heteroatoms. The van der Waals surface area contributed by atoms with Crippen molar-refractivity contribution in [2.24, 2.45) is 0 Å². The van der Waals surface area contributed by atoms with Crippen LogP contribution in [0.4, 0.5) is 18.0 Å². The van der Waals surface area contributed by atoms with E-state index in [-0.39, 0.29) is 17.4 Å². The quantitative estimate of drug-likeness (QED) is 0.889. The van der Waals surface area contributed by atoms with Crippen molar-refractivity contribution in [1.29, 1.82) is 0 Å². The minimum absolute atomic E-state index is 0.0976. The Bertz CT molecular complexity index is 657. The Kier molecular flexibility index (Phi) is 3.74. The maximum Gasteiger partial charge on any atom is 0.451 e. The number of hydrogen-bond donors (Lipinski definition) is 2. The third kappa shape index (κ3) is 3.43. The SMILES string of the molecule is CC(NC(=O)O)c1nc(-c2ccnc(C(F)(F)F)n2)no1. The summed E-state index contributed by atoms with van der Waals surface area (Å²) in [5.74, 6) is -1.63. The van der Waals surface area contributed by atoms with Crippen molar-refractivity contribution in [3.63, 3.8) is 0 Å². The highest BCUT2D eigenvalue weighted by Crippen LogP contribution is 2.27. The van der Waals surface area contributed by atoms with Gasteiger partial charge in [-0.15, -0.1) is 0 Å². The van der Waals surface area contributed by atoms with Gasteiger partial charge >= 0.3 is 12.3 Å². The van der Waals surface area contributed by atoms with Gasteiger partial charge in [0.2, 0.25) is 17.5 Å². The molecule has 8 nitrogen and oxygen atoms in total. The standard InChI is InChI=1S/C10H8F3N5O3/c1-4(15-9(19)20)7-17-6(18-21-7)5-2-3-14-8(16-5)10(11,12)13/h2-4,15H,1H3,(H,19,20). The Labute approximate surface area is 115 Å². The number of carbonyl (C=O) groups is 1. The minimum Gasteiger partial charge on any atom is -0.465 e. The van der Waals surface area contributed by atoms with Gasteiger partial charge in [-0.1, -0.05) is 5.16 Å². The number of aromatic nitrogens is 4. The number of rotatable bonds is 3. The summed E-state index contributed by atoms with van der Waals surface area (Å²) in [5, 5.41) is 14.1. The van der Waals surface area contributed by atoms with Crippen molar-refractivity contribution >= 4 is 6.09 Å². The van der Waals surface area contributed by atoms with Gasteiger partial charge < -0.3 is 14.9 Å². The number of nitrogens with one attached hydrogen (secondary N) is 1. The molecule has 0 aliphatic carbocycles. The van der Waals surface area contributed by atoms with Gasteiger partial charge in [0.25, 0.3) is 0 Å². The number of hydrogen-bond acceptors (Lipinski definition) is 6. The van der Waals surface area contributed by atoms with Crippen molar-refractivity contribution in [1.82, 2.24) is 25.4 Å². The topological polar surface area (TPSA) is 114 Å². The molecule has 1 unspecified atom stereocenters. The van der Waals surface area contributed by atoms with Gasteiger partial charge in [-0.3, -0.25) is 0 Å². The van der Waals surface area contributed by atoms with Gasteiger partial charge in [-0.2, -0.15) is 18.2 Å². The molecule has 2 aromatic rings. The van der Waals surface area contributed by atoms with Crippen LogP contribution in [-0.2, 0) is 6.18 Å². The summed E-state index contributed by atoms with van der Waals surface area (Å²) in [4.78, 5) is 20.7. The van der Waals surface area contributed by atoms with E-state index >= 15 is 0 Å². The van der Waals surface area contributed by atoms with E-state index in [2.05, 4.69) is 25.4 Å². The molecular weight excluding hydrogens is 295 g/mol. The zero-order chi connectivity index (χ0) is 15.6. The second kappa shape index (κ2) is 5.34. The van der Waals surface area contributed by atoms with Gasteiger partial charge in [0.15, 0.2) is 0 Å². The molecule has 0 aromatic carbocycles. The van der Waals surface area contributed by atoms with Crippen LogP contribution in [0.15, 0.2) is 16.8 Å². The summed E-state index contributed by atoms with van der Waals surface area (Å²) in [6.45, 7) is 1.44. The van der Waals surface area contributed by atoms with Gasteiger partial charge in [0.1, 0.15) is 11.7 Å². The van der Waals surface area contributed by atoms with Crippen LogP contribution in [0.1, 0.15) is 24.7 Å². The molecule has 0 aliphatic heterocycles. The van der Waals surface area contributed by atoms with Gasteiger partial charge in [0, 0.05) is 6.20 Å². The van der Waals surface area contributed by atoms with Crippen LogP contribution in [-0.4, -0.2) is 31.3 Å². The Hall–Kier alpha value is -2.72. The maximum atomic E-state index is 12.5. The van der Waals surface area contributed by atoms with E-state index in [1.807, 2.05) is 0 Å². The molecule has 2 N–H and O–H groups in total. The molecule has 0 saturated heterocycles. The highest BCUT2D eigenvalue weighted by molar-refractivity contribution is 5.64. The number of carboxylic acid groups (broad SMARTS) is 1. The fourth-order valence-corrected chi connectivity index (χ4v) is 1.38. The molecule has 112 valence electrons. The van der Waals surface area contributed by atoms with E-state index in [1.54, 1.807) is 0 Å². The number of halogens is 3. The molecule has 0 bridgehead atoms. The van der Waals surface area contributed by atoms with Crippen LogP contribution >= 0.6 is 0 Å². The largest absolute Gasteiger partial charge is 0.465 e. The zero-order valence-electron chi connectivity index (χ0n) is 10.4. The van der Waals surface area contributed by atoms with E-state index in [9.17, 15) is 18.0 Å². The fraction of sp³-hybridized carbons (Fsp3) is 0.300. The number of alkyl halides is 3. The lowest BCUT2D eigenvalue weighted by Crippen LogP contribution is -2.24. The third-order valence-electron chi connectivity index (χ3n) is 2.29. The fourth-order valence-electron chi connectivity index (χ4n) is 1.38. The van der Waals surface area contributed by atoms with E-state index < -0.39 is 24.1 Å². The second-order valence-corrected chi connectivity index (χ2v) is 3.89. The summed E-state index contributed by atoms with van der Waals surface area (Å²) < 4.78 is 42.3. The molecule has 1 atom stereocenters. The van der Waals surface area contributed by atoms with Gasteiger partial charge in [0.05, 0.1) is 0 Å². The molecule has 2 rings (SSSR count). The number of amides is 1. The highest BCUT2D eigenvalue weighted by atomic mass is 19.4. The summed E-state index contributed by atoms with van der Waals surface area (Å²) in [6, 6.07) is 0.367. The lowest BCUT2D eigenvalue weighted by atomic mass is 10.3. The smallest absolute Gasteiger partial charge is 0.451 e. The first-order chi connectivity index (χ1) is 9.77. The highest BCUT2D eigenvalue weighted by Gasteiger charge is 2.35. The monoisotopic (exact) mass is 303 g/mol. The van der Waals surface area contributed by atoms with Gasteiger partial charge in [-0.05, 0) is 13.0 Å². The molecule has 0 aliphatic rings. The Morgan fingerprint density at radius 2 is 2.14 bits per heavy atom. The van der Waals surface area contributed by atoms with E-state index in [1.165, 1.54) is 13.0 Å². The maximum absolute atomic E-state index is 12.5. The predicted molar refractivity (Wildman–Crippen MR) is 59.9 cm³/mol. The molecular formula is C10H8F3N5O3. The lowest BCUT2D eigenvalue weighted by molar-refractivity contribution is -0.144. The minimum atomic E-state index is -4.69. The van der Waals surface area contributed by atoms with Crippen LogP contribution in [0.25, 0.3) is 11.5 Å². The first kappa shape index (κ1) is 14.7. The molecule has 2 aromatic heterocycles. The molecule has 0 radical (unpaired) electrons. The lowest BCUT2D eigenvalue weighted by Gasteiger charge is -2.05.